The Kier molecular flexibility index (Phi) is 2.60. The van der Waals surface area contributed by atoms with E-state index >= 15 is 0 Å². The summed E-state index contributed by atoms with van der Waals surface area (Å²) >= 11 is 0. The molecule has 0 radical (unpaired) electrons. The van der Waals surface area contributed by atoms with Crippen LogP contribution >= 0.6 is 0 Å². The van der Waals surface area contributed by atoms with E-state index in [2.05, 4.69) is 15.6 Å². The van der Waals surface area contributed by atoms with Gasteiger partial charge >= 0.3 is 6.18 Å². The third kappa shape index (κ3) is 1.89. The van der Waals surface area contributed by atoms with Crippen molar-refractivity contribution in [2.45, 2.75) is 30.6 Å². The van der Waals surface area contributed by atoms with Gasteiger partial charge in [-0.3, -0.25) is 0 Å². The van der Waals surface area contributed by atoms with Gasteiger partial charge in [-0.05, 0) is 25.0 Å². The van der Waals surface area contributed by atoms with E-state index in [0.717, 1.165) is 25.5 Å². The third-order valence-corrected chi connectivity index (χ3v) is 3.75. The lowest BCUT2D eigenvalue weighted by molar-refractivity contribution is -0.141. The molecule has 3 nitrogen and oxygen atoms in total. The molecule has 1 aromatic rings. The second-order valence-electron chi connectivity index (χ2n) is 5.00. The number of hydrogen-bond donors (Lipinski definition) is 2. The molecule has 0 saturated carbocycles. The molecule has 0 aliphatic carbocycles. The van der Waals surface area contributed by atoms with Crippen molar-refractivity contribution in [1.82, 2.24) is 15.6 Å². The number of aromatic nitrogens is 1. The van der Waals surface area contributed by atoms with Gasteiger partial charge in [0.25, 0.3) is 0 Å². The highest BCUT2D eigenvalue weighted by Gasteiger charge is 2.44. The molecule has 2 fully saturated rings. The molecule has 18 heavy (non-hydrogen) atoms. The summed E-state index contributed by atoms with van der Waals surface area (Å²) in [4.78, 5) is 3.81. The van der Waals surface area contributed by atoms with Crippen molar-refractivity contribution in [3.63, 3.8) is 0 Å². The summed E-state index contributed by atoms with van der Waals surface area (Å²) in [6, 6.07) is 4.47. The molecule has 2 unspecified atom stereocenters. The first-order chi connectivity index (χ1) is 8.50. The monoisotopic (exact) mass is 257 g/mol. The van der Waals surface area contributed by atoms with Crippen LogP contribution in [0, 0.1) is 0 Å². The van der Waals surface area contributed by atoms with E-state index in [1.807, 2.05) is 0 Å². The van der Waals surface area contributed by atoms with Crippen molar-refractivity contribution >= 4 is 0 Å². The predicted octanol–water partition coefficient (Wildman–Crippen LogP) is 1.65. The number of rotatable bonds is 1. The van der Waals surface area contributed by atoms with Crippen LogP contribution in [0.4, 0.5) is 13.2 Å². The number of alkyl halides is 3. The van der Waals surface area contributed by atoms with Crippen LogP contribution in [0.2, 0.25) is 0 Å². The van der Waals surface area contributed by atoms with Gasteiger partial charge in [0.15, 0.2) is 0 Å². The first-order valence-electron chi connectivity index (χ1n) is 6.03. The first-order valence-corrected chi connectivity index (χ1v) is 6.03. The van der Waals surface area contributed by atoms with E-state index in [0.29, 0.717) is 18.3 Å². The number of pyridine rings is 1. The third-order valence-electron chi connectivity index (χ3n) is 3.75. The Balaban J connectivity index is 1.97. The van der Waals surface area contributed by atoms with Crippen molar-refractivity contribution in [3.05, 3.63) is 29.6 Å². The van der Waals surface area contributed by atoms with Gasteiger partial charge < -0.3 is 10.6 Å². The Morgan fingerprint density at radius 2 is 2.17 bits per heavy atom. The molecule has 2 bridgehead atoms. The Hall–Kier alpha value is -1.14. The highest BCUT2D eigenvalue weighted by atomic mass is 19.4. The van der Waals surface area contributed by atoms with Crippen molar-refractivity contribution in [1.29, 1.82) is 0 Å². The molecule has 2 aliphatic heterocycles. The van der Waals surface area contributed by atoms with Crippen LogP contribution < -0.4 is 10.6 Å². The maximum absolute atomic E-state index is 12.7. The van der Waals surface area contributed by atoms with Crippen molar-refractivity contribution in [2.75, 3.05) is 13.1 Å². The van der Waals surface area contributed by atoms with Gasteiger partial charge in [-0.25, -0.2) is 4.98 Å². The summed E-state index contributed by atoms with van der Waals surface area (Å²) in [7, 11) is 0. The molecule has 3 rings (SSSR count). The Morgan fingerprint density at radius 1 is 1.33 bits per heavy atom. The normalized spacial score (nSPS) is 31.6. The van der Waals surface area contributed by atoms with Crippen molar-refractivity contribution in [2.24, 2.45) is 0 Å². The summed E-state index contributed by atoms with van der Waals surface area (Å²) in [5.74, 6) is 0. The highest BCUT2D eigenvalue weighted by molar-refractivity contribution is 5.24. The molecule has 98 valence electrons. The maximum atomic E-state index is 12.7. The van der Waals surface area contributed by atoms with Crippen molar-refractivity contribution in [3.8, 4) is 0 Å². The molecule has 0 spiro atoms. The first kappa shape index (κ1) is 11.9. The fraction of sp³-hybridized carbons (Fsp3) is 0.583. The summed E-state index contributed by atoms with van der Waals surface area (Å²) < 4.78 is 38.0. The van der Waals surface area contributed by atoms with Crippen LogP contribution in [-0.2, 0) is 11.7 Å². The molecule has 1 aromatic heterocycles. The fourth-order valence-electron chi connectivity index (χ4n) is 2.86. The second kappa shape index (κ2) is 3.93. The lowest BCUT2D eigenvalue weighted by Crippen LogP contribution is -2.56. The highest BCUT2D eigenvalue weighted by Crippen LogP contribution is 2.36. The van der Waals surface area contributed by atoms with Gasteiger partial charge in [-0.15, -0.1) is 0 Å². The van der Waals surface area contributed by atoms with E-state index in [4.69, 9.17) is 0 Å². The maximum Gasteiger partial charge on any atom is 0.433 e. The quantitative estimate of drug-likeness (QED) is 0.803. The molecule has 3 heterocycles. The van der Waals surface area contributed by atoms with E-state index in [1.54, 1.807) is 6.07 Å². The number of piperazine rings is 1. The summed E-state index contributed by atoms with van der Waals surface area (Å²) in [5.41, 5.74) is -0.748. The smallest absolute Gasteiger partial charge is 0.313 e. The molecular weight excluding hydrogens is 243 g/mol. The SMILES string of the molecule is FC(F)(F)c1cccc(C23CCC(CNC2)N3)n1. The number of hydrogen-bond acceptors (Lipinski definition) is 3. The fourth-order valence-corrected chi connectivity index (χ4v) is 2.86. The van der Waals surface area contributed by atoms with Crippen LogP contribution in [0.25, 0.3) is 0 Å². The number of nitrogens with one attached hydrogen (secondary N) is 2. The lowest BCUT2D eigenvalue weighted by Gasteiger charge is -2.35. The summed E-state index contributed by atoms with van der Waals surface area (Å²) in [6.45, 7) is 1.51. The molecule has 2 N–H and O–H groups in total. The van der Waals surface area contributed by atoms with Gasteiger partial charge in [0.1, 0.15) is 5.69 Å². The Morgan fingerprint density at radius 3 is 2.94 bits per heavy atom. The standard InChI is InChI=1S/C12H14F3N3/c13-12(14,15)10-3-1-2-9(17-10)11-5-4-8(18-11)6-16-7-11/h1-3,8,16,18H,4-7H2. The average Bonchev–Trinajstić information content (AvgIpc) is 2.65. The van der Waals surface area contributed by atoms with E-state index in [-0.39, 0.29) is 0 Å². The molecule has 2 aliphatic rings. The zero-order valence-electron chi connectivity index (χ0n) is 9.72. The van der Waals surface area contributed by atoms with Gasteiger partial charge in [0.2, 0.25) is 0 Å². The Bertz CT molecular complexity index is 456. The number of halogens is 3. The van der Waals surface area contributed by atoms with E-state index in [1.165, 1.54) is 6.07 Å². The van der Waals surface area contributed by atoms with Gasteiger partial charge in [-0.1, -0.05) is 6.07 Å². The van der Waals surface area contributed by atoms with Gasteiger partial charge in [-0.2, -0.15) is 13.2 Å². The zero-order valence-corrected chi connectivity index (χ0v) is 9.72. The van der Waals surface area contributed by atoms with Crippen LogP contribution in [0.3, 0.4) is 0 Å². The lowest BCUT2D eigenvalue weighted by atomic mass is 9.92. The molecule has 6 heteroatoms. The van der Waals surface area contributed by atoms with E-state index < -0.39 is 17.4 Å². The van der Waals surface area contributed by atoms with Crippen LogP contribution in [0.15, 0.2) is 18.2 Å². The summed E-state index contributed by atoms with van der Waals surface area (Å²) in [5, 5.41) is 6.67. The summed E-state index contributed by atoms with van der Waals surface area (Å²) in [6.07, 6.45) is -2.57. The molecule has 0 amide bonds. The molecular formula is C12H14F3N3. The van der Waals surface area contributed by atoms with Gasteiger partial charge in [0.05, 0.1) is 11.2 Å². The number of fused-ring (bicyclic) bond motifs is 2. The largest absolute Gasteiger partial charge is 0.433 e. The van der Waals surface area contributed by atoms with Crippen LogP contribution in [0.5, 0.6) is 0 Å². The Labute approximate surface area is 103 Å². The zero-order chi connectivity index (χ0) is 12.8. The van der Waals surface area contributed by atoms with Crippen molar-refractivity contribution < 1.29 is 13.2 Å². The molecule has 0 aromatic carbocycles. The number of nitrogens with zero attached hydrogens (tertiary/aromatic N) is 1. The van der Waals surface area contributed by atoms with Crippen LogP contribution in [-0.4, -0.2) is 24.1 Å². The van der Waals surface area contributed by atoms with E-state index in [9.17, 15) is 13.2 Å². The predicted molar refractivity (Wildman–Crippen MR) is 59.9 cm³/mol. The minimum absolute atomic E-state index is 0.343. The topological polar surface area (TPSA) is 37.0 Å². The second-order valence-corrected chi connectivity index (χ2v) is 5.00. The minimum atomic E-state index is -4.38. The van der Waals surface area contributed by atoms with Crippen LogP contribution in [0.1, 0.15) is 24.2 Å². The molecule has 2 saturated heterocycles. The average molecular weight is 257 g/mol. The van der Waals surface area contributed by atoms with Gasteiger partial charge in [0, 0.05) is 19.1 Å². The molecule has 2 atom stereocenters. The minimum Gasteiger partial charge on any atom is -0.313 e.